The van der Waals surface area contributed by atoms with Gasteiger partial charge in [0.15, 0.2) is 5.75 Å². The molecule has 3 aromatic carbocycles. The average Bonchev–Trinajstić information content (AvgIpc) is 2.92. The number of amides is 1. The highest BCUT2D eigenvalue weighted by Gasteiger charge is 2.30. The van der Waals surface area contributed by atoms with Crippen LogP contribution in [0.4, 0.5) is 5.69 Å². The van der Waals surface area contributed by atoms with Crippen LogP contribution in [-0.4, -0.2) is 57.6 Å². The number of nitro benzene ring substituents is 1. The van der Waals surface area contributed by atoms with Crippen molar-refractivity contribution in [3.63, 3.8) is 0 Å². The predicted molar refractivity (Wildman–Crippen MR) is 139 cm³/mol. The van der Waals surface area contributed by atoms with Gasteiger partial charge in [0, 0.05) is 24.2 Å². The molecule has 0 bridgehead atoms. The number of nitrogens with one attached hydrogen (secondary N) is 1. The molecule has 0 heterocycles. The van der Waals surface area contributed by atoms with Crippen molar-refractivity contribution in [2.24, 2.45) is 5.10 Å². The molecular formula is C25H26N4O8S. The zero-order valence-electron chi connectivity index (χ0n) is 20.9. The molecule has 0 saturated carbocycles. The van der Waals surface area contributed by atoms with Gasteiger partial charge in [-0.25, -0.2) is 13.8 Å². The second kappa shape index (κ2) is 12.7. The van der Waals surface area contributed by atoms with Crippen LogP contribution in [0.15, 0.2) is 76.7 Å². The summed E-state index contributed by atoms with van der Waals surface area (Å²) >= 11 is 0. The highest BCUT2D eigenvalue weighted by atomic mass is 32.2. The number of methoxy groups -OCH3 is 3. The maximum absolute atomic E-state index is 13.7. The molecule has 200 valence electrons. The molecule has 1 N–H and O–H groups in total. The lowest BCUT2D eigenvalue weighted by atomic mass is 10.2. The van der Waals surface area contributed by atoms with Gasteiger partial charge in [-0.1, -0.05) is 30.3 Å². The topological polar surface area (TPSA) is 150 Å². The van der Waals surface area contributed by atoms with Gasteiger partial charge in [-0.15, -0.1) is 0 Å². The molecule has 1 amide bonds. The van der Waals surface area contributed by atoms with E-state index in [9.17, 15) is 23.3 Å². The van der Waals surface area contributed by atoms with Crippen molar-refractivity contribution >= 4 is 27.8 Å². The van der Waals surface area contributed by atoms with E-state index in [1.165, 1.54) is 57.9 Å². The molecular weight excluding hydrogens is 516 g/mol. The van der Waals surface area contributed by atoms with E-state index in [2.05, 4.69) is 10.5 Å². The molecule has 0 saturated heterocycles. The van der Waals surface area contributed by atoms with Crippen LogP contribution in [0.3, 0.4) is 0 Å². The number of benzene rings is 3. The van der Waals surface area contributed by atoms with Crippen LogP contribution in [0.2, 0.25) is 0 Å². The molecule has 0 aliphatic carbocycles. The van der Waals surface area contributed by atoms with Gasteiger partial charge in [-0.05, 0) is 29.8 Å². The maximum Gasteiger partial charge on any atom is 0.311 e. The summed E-state index contributed by atoms with van der Waals surface area (Å²) in [4.78, 5) is 23.2. The number of ether oxygens (including phenoxy) is 3. The first kappa shape index (κ1) is 28.1. The molecule has 0 spiro atoms. The van der Waals surface area contributed by atoms with Crippen LogP contribution in [0.1, 0.15) is 11.1 Å². The summed E-state index contributed by atoms with van der Waals surface area (Å²) in [5.74, 6) is -0.272. The van der Waals surface area contributed by atoms with Crippen LogP contribution >= 0.6 is 0 Å². The lowest BCUT2D eigenvalue weighted by molar-refractivity contribution is -0.385. The first-order valence-corrected chi connectivity index (χ1v) is 12.5. The van der Waals surface area contributed by atoms with Gasteiger partial charge in [0.1, 0.15) is 16.4 Å². The fourth-order valence-corrected chi connectivity index (χ4v) is 5.00. The first-order chi connectivity index (χ1) is 18.2. The Bertz CT molecular complexity index is 1430. The number of hydrogen-bond donors (Lipinski definition) is 1. The second-order valence-corrected chi connectivity index (χ2v) is 9.66. The van der Waals surface area contributed by atoms with Gasteiger partial charge in [-0.3, -0.25) is 14.9 Å². The van der Waals surface area contributed by atoms with E-state index in [1.807, 2.05) is 0 Å². The summed E-state index contributed by atoms with van der Waals surface area (Å²) in [6, 6.07) is 17.3. The number of hydrogen-bond acceptors (Lipinski definition) is 9. The van der Waals surface area contributed by atoms with Crippen molar-refractivity contribution in [2.45, 2.75) is 11.4 Å². The zero-order chi connectivity index (χ0) is 27.7. The summed E-state index contributed by atoms with van der Waals surface area (Å²) < 4.78 is 43.7. The van der Waals surface area contributed by atoms with Crippen molar-refractivity contribution in [1.29, 1.82) is 0 Å². The lowest BCUT2D eigenvalue weighted by Gasteiger charge is -2.23. The Morgan fingerprint density at radius 2 is 1.68 bits per heavy atom. The van der Waals surface area contributed by atoms with Crippen molar-refractivity contribution in [2.75, 3.05) is 27.9 Å². The number of nitrogens with zero attached hydrogens (tertiary/aromatic N) is 3. The number of hydrazone groups is 1. The van der Waals surface area contributed by atoms with Crippen LogP contribution in [0.25, 0.3) is 0 Å². The molecule has 13 heteroatoms. The maximum atomic E-state index is 13.7. The average molecular weight is 543 g/mol. The molecule has 0 atom stereocenters. The smallest absolute Gasteiger partial charge is 0.311 e. The Labute approximate surface area is 219 Å². The standard InChI is InChI=1S/C25H26N4O8S/c1-35-20-10-12-23(37-3)24(14-20)38(33,34)28(16-18-7-5-4-6-8-18)17-25(30)27-26-15-19-9-11-22(36-2)21(13-19)29(31)32/h4-15H,16-17H2,1-3H3,(H,27,30)/b26-15+. The summed E-state index contributed by atoms with van der Waals surface area (Å²) in [5, 5.41) is 15.0. The Balaban J connectivity index is 1.85. The Hall–Kier alpha value is -4.49. The summed E-state index contributed by atoms with van der Waals surface area (Å²) in [6.45, 7) is -0.678. The Morgan fingerprint density at radius 1 is 1.00 bits per heavy atom. The minimum Gasteiger partial charge on any atom is -0.497 e. The zero-order valence-corrected chi connectivity index (χ0v) is 21.7. The van der Waals surface area contributed by atoms with E-state index < -0.39 is 27.4 Å². The van der Waals surface area contributed by atoms with E-state index in [-0.39, 0.29) is 28.6 Å². The van der Waals surface area contributed by atoms with Crippen LogP contribution in [0, 0.1) is 10.1 Å². The molecule has 3 rings (SSSR count). The quantitative estimate of drug-likeness (QED) is 0.209. The molecule has 0 fully saturated rings. The third kappa shape index (κ3) is 6.83. The van der Waals surface area contributed by atoms with Crippen molar-refractivity contribution in [3.8, 4) is 17.2 Å². The fraction of sp³-hybridized carbons (Fsp3) is 0.200. The van der Waals surface area contributed by atoms with Gasteiger partial charge in [0.25, 0.3) is 5.91 Å². The van der Waals surface area contributed by atoms with Gasteiger partial charge in [0.05, 0.1) is 39.0 Å². The second-order valence-electron chi connectivity index (χ2n) is 7.76. The Kier molecular flexibility index (Phi) is 9.35. The summed E-state index contributed by atoms with van der Waals surface area (Å²) in [7, 11) is -0.185. The minimum absolute atomic E-state index is 0.0749. The summed E-state index contributed by atoms with van der Waals surface area (Å²) in [5.41, 5.74) is 2.98. The van der Waals surface area contributed by atoms with Crippen LogP contribution in [-0.2, 0) is 21.4 Å². The molecule has 0 aliphatic rings. The number of nitro groups is 1. The summed E-state index contributed by atoms with van der Waals surface area (Å²) in [6.07, 6.45) is 1.20. The van der Waals surface area contributed by atoms with Gasteiger partial charge in [0.2, 0.25) is 10.0 Å². The SMILES string of the molecule is COc1ccc(OC)c(S(=O)(=O)N(CC(=O)N/N=C/c2ccc(OC)c([N+](=O)[O-])c2)Cc2ccccc2)c1. The minimum atomic E-state index is -4.24. The molecule has 0 aromatic heterocycles. The predicted octanol–water partition coefficient (Wildman–Crippen LogP) is 2.96. The van der Waals surface area contributed by atoms with Crippen molar-refractivity contribution < 1.29 is 32.3 Å². The highest BCUT2D eigenvalue weighted by Crippen LogP contribution is 2.31. The van der Waals surface area contributed by atoms with E-state index in [1.54, 1.807) is 36.4 Å². The molecule has 0 unspecified atom stereocenters. The van der Waals surface area contributed by atoms with Gasteiger partial charge >= 0.3 is 5.69 Å². The molecule has 0 radical (unpaired) electrons. The lowest BCUT2D eigenvalue weighted by Crippen LogP contribution is -2.39. The molecule has 3 aromatic rings. The number of carbonyl (C=O) groups excluding carboxylic acids is 1. The van der Waals surface area contributed by atoms with Crippen molar-refractivity contribution in [3.05, 3.63) is 88.0 Å². The monoisotopic (exact) mass is 542 g/mol. The third-order valence-electron chi connectivity index (χ3n) is 5.31. The number of rotatable bonds is 12. The van der Waals surface area contributed by atoms with Crippen LogP contribution in [0.5, 0.6) is 17.2 Å². The first-order valence-electron chi connectivity index (χ1n) is 11.1. The van der Waals surface area contributed by atoms with Gasteiger partial charge in [-0.2, -0.15) is 9.41 Å². The van der Waals surface area contributed by atoms with E-state index >= 15 is 0 Å². The molecule has 0 aliphatic heterocycles. The molecule has 12 nitrogen and oxygen atoms in total. The molecule has 38 heavy (non-hydrogen) atoms. The highest BCUT2D eigenvalue weighted by molar-refractivity contribution is 7.89. The third-order valence-corrected chi connectivity index (χ3v) is 7.13. The van der Waals surface area contributed by atoms with E-state index in [0.29, 0.717) is 16.9 Å². The normalized spacial score (nSPS) is 11.4. The fourth-order valence-electron chi connectivity index (χ4n) is 3.44. The van der Waals surface area contributed by atoms with E-state index in [0.717, 1.165) is 4.31 Å². The Morgan fingerprint density at radius 3 is 2.32 bits per heavy atom. The van der Waals surface area contributed by atoms with Crippen molar-refractivity contribution in [1.82, 2.24) is 9.73 Å². The van der Waals surface area contributed by atoms with Gasteiger partial charge < -0.3 is 14.2 Å². The largest absolute Gasteiger partial charge is 0.497 e. The number of carbonyl (C=O) groups is 1. The van der Waals surface area contributed by atoms with Crippen LogP contribution < -0.4 is 19.6 Å². The van der Waals surface area contributed by atoms with E-state index in [4.69, 9.17) is 14.2 Å². The number of sulfonamides is 1.